The van der Waals surface area contributed by atoms with Crippen LogP contribution in [0.1, 0.15) is 38.6 Å². The zero-order valence-corrected chi connectivity index (χ0v) is 12.9. The van der Waals surface area contributed by atoms with Crippen LogP contribution in [0.25, 0.3) is 0 Å². The van der Waals surface area contributed by atoms with E-state index < -0.39 is 0 Å². The van der Waals surface area contributed by atoms with Crippen molar-refractivity contribution in [3.05, 3.63) is 24.4 Å². The van der Waals surface area contributed by atoms with Crippen LogP contribution >= 0.6 is 0 Å². The molecule has 0 radical (unpaired) electrons. The van der Waals surface area contributed by atoms with Crippen LogP contribution in [0, 0.1) is 5.92 Å². The number of nitrogens with one attached hydrogen (secondary N) is 1. The molecule has 22 heavy (non-hydrogen) atoms. The molecule has 0 aromatic carbocycles. The molecule has 1 aromatic rings. The zero-order chi connectivity index (χ0) is 15.5. The predicted octanol–water partition coefficient (Wildman–Crippen LogP) is 1.97. The van der Waals surface area contributed by atoms with Crippen molar-refractivity contribution in [1.82, 2.24) is 14.7 Å². The third kappa shape index (κ3) is 3.21. The molecule has 2 amide bonds. The lowest BCUT2D eigenvalue weighted by atomic mass is 9.93. The molecule has 2 heterocycles. The maximum absolute atomic E-state index is 12.5. The minimum absolute atomic E-state index is 0.126. The second-order valence-corrected chi connectivity index (χ2v) is 6.07. The number of anilines is 1. The standard InChI is InChI=1S/C16H22N4O2/c1-12(21)17-15-8-10-20(18-15)14-7-9-19(11-14)16(22)13-5-3-2-4-6-13/h2-3,8,10,13-14H,4-7,9,11H2,1H3,(H,17,18,21)/t13-,14+/m0/s1. The highest BCUT2D eigenvalue weighted by Crippen LogP contribution is 2.27. The largest absolute Gasteiger partial charge is 0.340 e. The van der Waals surface area contributed by atoms with Gasteiger partial charge in [0.15, 0.2) is 5.82 Å². The third-order valence-electron chi connectivity index (χ3n) is 4.38. The fourth-order valence-corrected chi connectivity index (χ4v) is 3.22. The van der Waals surface area contributed by atoms with E-state index in [1.807, 2.05) is 15.8 Å². The van der Waals surface area contributed by atoms with Crippen LogP contribution in [0.3, 0.4) is 0 Å². The molecule has 1 saturated heterocycles. The highest BCUT2D eigenvalue weighted by Gasteiger charge is 2.31. The molecule has 0 bridgehead atoms. The van der Waals surface area contributed by atoms with E-state index in [1.54, 1.807) is 6.07 Å². The van der Waals surface area contributed by atoms with Crippen LogP contribution in [0.2, 0.25) is 0 Å². The Labute approximate surface area is 130 Å². The first kappa shape index (κ1) is 14.8. The van der Waals surface area contributed by atoms with Gasteiger partial charge in [0.05, 0.1) is 6.04 Å². The third-order valence-corrected chi connectivity index (χ3v) is 4.38. The van der Waals surface area contributed by atoms with Gasteiger partial charge in [0, 0.05) is 38.2 Å². The van der Waals surface area contributed by atoms with Crippen LogP contribution < -0.4 is 5.32 Å². The fourth-order valence-electron chi connectivity index (χ4n) is 3.22. The number of hydrogen-bond acceptors (Lipinski definition) is 3. The number of likely N-dealkylation sites (tertiary alicyclic amines) is 1. The number of rotatable bonds is 3. The Morgan fingerprint density at radius 3 is 2.91 bits per heavy atom. The SMILES string of the molecule is CC(=O)Nc1ccn([C@@H]2CCN(C(=O)[C@H]3CC=CCC3)C2)n1. The molecule has 6 nitrogen and oxygen atoms in total. The number of allylic oxidation sites excluding steroid dienone is 2. The van der Waals surface area contributed by atoms with Gasteiger partial charge in [-0.1, -0.05) is 12.2 Å². The number of aromatic nitrogens is 2. The molecule has 1 aromatic heterocycles. The Kier molecular flexibility index (Phi) is 4.27. The lowest BCUT2D eigenvalue weighted by molar-refractivity contribution is -0.134. The van der Waals surface area contributed by atoms with Crippen LogP contribution in [0.15, 0.2) is 24.4 Å². The number of nitrogens with zero attached hydrogens (tertiary/aromatic N) is 3. The molecule has 2 aliphatic rings. The van der Waals surface area contributed by atoms with Crippen LogP contribution in [-0.4, -0.2) is 39.6 Å². The van der Waals surface area contributed by atoms with E-state index in [1.165, 1.54) is 6.92 Å². The highest BCUT2D eigenvalue weighted by molar-refractivity contribution is 5.87. The summed E-state index contributed by atoms with van der Waals surface area (Å²) in [5.74, 6) is 0.867. The lowest BCUT2D eigenvalue weighted by Crippen LogP contribution is -2.35. The number of hydrogen-bond donors (Lipinski definition) is 1. The lowest BCUT2D eigenvalue weighted by Gasteiger charge is -2.24. The summed E-state index contributed by atoms with van der Waals surface area (Å²) in [4.78, 5) is 25.5. The van der Waals surface area contributed by atoms with Gasteiger partial charge in [-0.2, -0.15) is 5.10 Å². The average Bonchev–Trinajstić information content (AvgIpc) is 3.15. The Morgan fingerprint density at radius 1 is 1.32 bits per heavy atom. The Hall–Kier alpha value is -2.11. The van der Waals surface area contributed by atoms with Gasteiger partial charge >= 0.3 is 0 Å². The van der Waals surface area contributed by atoms with Gasteiger partial charge in [-0.3, -0.25) is 14.3 Å². The first-order valence-corrected chi connectivity index (χ1v) is 7.90. The first-order chi connectivity index (χ1) is 10.6. The molecule has 118 valence electrons. The number of amides is 2. The molecular formula is C16H22N4O2. The highest BCUT2D eigenvalue weighted by atomic mass is 16.2. The molecule has 6 heteroatoms. The molecular weight excluding hydrogens is 280 g/mol. The van der Waals surface area contributed by atoms with Crippen LogP contribution in [-0.2, 0) is 9.59 Å². The van der Waals surface area contributed by atoms with E-state index in [0.29, 0.717) is 12.4 Å². The van der Waals surface area contributed by atoms with E-state index in [-0.39, 0.29) is 23.8 Å². The molecule has 1 N–H and O–H groups in total. The molecule has 1 aliphatic heterocycles. The minimum Gasteiger partial charge on any atom is -0.340 e. The summed E-state index contributed by atoms with van der Waals surface area (Å²) in [7, 11) is 0. The smallest absolute Gasteiger partial charge is 0.226 e. The number of carbonyl (C=O) groups excluding carboxylic acids is 2. The van der Waals surface area contributed by atoms with Crippen molar-refractivity contribution in [2.75, 3.05) is 18.4 Å². The topological polar surface area (TPSA) is 67.2 Å². The maximum atomic E-state index is 12.5. The Morgan fingerprint density at radius 2 is 2.18 bits per heavy atom. The Balaban J connectivity index is 1.59. The van der Waals surface area contributed by atoms with Gasteiger partial charge in [-0.25, -0.2) is 0 Å². The van der Waals surface area contributed by atoms with E-state index in [9.17, 15) is 9.59 Å². The number of carbonyl (C=O) groups is 2. The Bertz CT molecular complexity index is 593. The van der Waals surface area contributed by atoms with Crippen molar-refractivity contribution < 1.29 is 9.59 Å². The maximum Gasteiger partial charge on any atom is 0.226 e. The van der Waals surface area contributed by atoms with E-state index in [4.69, 9.17) is 0 Å². The summed E-state index contributed by atoms with van der Waals surface area (Å²) in [6, 6.07) is 1.99. The van der Waals surface area contributed by atoms with Gasteiger partial charge in [-0.05, 0) is 25.7 Å². The summed E-state index contributed by atoms with van der Waals surface area (Å²) in [5, 5.41) is 7.05. The molecule has 2 atom stereocenters. The van der Waals surface area contributed by atoms with E-state index >= 15 is 0 Å². The summed E-state index contributed by atoms with van der Waals surface area (Å²) < 4.78 is 1.86. The molecule has 3 rings (SSSR count). The van der Waals surface area contributed by atoms with Gasteiger partial charge in [0.1, 0.15) is 0 Å². The van der Waals surface area contributed by atoms with Crippen molar-refractivity contribution in [3.63, 3.8) is 0 Å². The summed E-state index contributed by atoms with van der Waals surface area (Å²) in [6.07, 6.45) is 9.89. The fraction of sp³-hybridized carbons (Fsp3) is 0.562. The minimum atomic E-state index is -0.126. The zero-order valence-electron chi connectivity index (χ0n) is 12.9. The molecule has 1 fully saturated rings. The van der Waals surface area contributed by atoms with Crippen LogP contribution in [0.4, 0.5) is 5.82 Å². The van der Waals surface area contributed by atoms with E-state index in [2.05, 4.69) is 22.6 Å². The molecule has 0 saturated carbocycles. The van der Waals surface area contributed by atoms with Gasteiger partial charge in [-0.15, -0.1) is 0 Å². The van der Waals surface area contributed by atoms with Crippen molar-refractivity contribution in [1.29, 1.82) is 0 Å². The quantitative estimate of drug-likeness (QED) is 0.868. The second-order valence-electron chi connectivity index (χ2n) is 6.07. The molecule has 0 spiro atoms. The van der Waals surface area contributed by atoms with Gasteiger partial charge < -0.3 is 10.2 Å². The second kappa shape index (κ2) is 6.34. The van der Waals surface area contributed by atoms with Crippen molar-refractivity contribution in [3.8, 4) is 0 Å². The predicted molar refractivity (Wildman–Crippen MR) is 83.2 cm³/mol. The normalized spacial score (nSPS) is 24.5. The molecule has 1 aliphatic carbocycles. The van der Waals surface area contributed by atoms with E-state index in [0.717, 1.165) is 32.2 Å². The molecule has 0 unspecified atom stereocenters. The van der Waals surface area contributed by atoms with Crippen molar-refractivity contribution in [2.45, 2.75) is 38.6 Å². The van der Waals surface area contributed by atoms with Gasteiger partial charge in [0.25, 0.3) is 0 Å². The van der Waals surface area contributed by atoms with Crippen molar-refractivity contribution in [2.24, 2.45) is 5.92 Å². The van der Waals surface area contributed by atoms with Gasteiger partial charge in [0.2, 0.25) is 11.8 Å². The monoisotopic (exact) mass is 302 g/mol. The first-order valence-electron chi connectivity index (χ1n) is 7.90. The summed E-state index contributed by atoms with van der Waals surface area (Å²) in [6.45, 7) is 2.97. The van der Waals surface area contributed by atoms with Crippen LogP contribution in [0.5, 0.6) is 0 Å². The van der Waals surface area contributed by atoms with Crippen molar-refractivity contribution >= 4 is 17.6 Å². The summed E-state index contributed by atoms with van der Waals surface area (Å²) >= 11 is 0. The average molecular weight is 302 g/mol. The summed E-state index contributed by atoms with van der Waals surface area (Å²) in [5.41, 5.74) is 0.